The van der Waals surface area contributed by atoms with Gasteiger partial charge in [0.2, 0.25) is 23.1 Å². The number of hydrogen-bond donors (Lipinski definition) is 0. The van der Waals surface area contributed by atoms with Gasteiger partial charge in [-0.3, -0.25) is 19.2 Å². The summed E-state index contributed by atoms with van der Waals surface area (Å²) in [6, 6.07) is 37.7. The van der Waals surface area contributed by atoms with Crippen molar-refractivity contribution >= 4 is 23.1 Å². The summed E-state index contributed by atoms with van der Waals surface area (Å²) in [5.41, 5.74) is 4.39. The number of benzene rings is 5. The Kier molecular flexibility index (Phi) is 8.39. The minimum absolute atomic E-state index is 0.319. The minimum Gasteiger partial charge on any atom is -0.285 e. The van der Waals surface area contributed by atoms with Crippen molar-refractivity contribution in [1.29, 1.82) is 0 Å². The van der Waals surface area contributed by atoms with Gasteiger partial charge in [0.15, 0.2) is 0 Å². The molecule has 0 unspecified atom stereocenters. The van der Waals surface area contributed by atoms with Crippen molar-refractivity contribution in [3.05, 3.63) is 178 Å². The van der Waals surface area contributed by atoms with Crippen molar-refractivity contribution in [2.45, 2.75) is 0 Å². The van der Waals surface area contributed by atoms with Crippen LogP contribution in [0.15, 0.2) is 133 Å². The highest BCUT2D eigenvalue weighted by atomic mass is 16.2. The molecule has 0 aliphatic rings. The van der Waals surface area contributed by atoms with E-state index in [-0.39, 0.29) is 0 Å². The Morgan fingerprint density at radius 3 is 0.762 bits per heavy atom. The van der Waals surface area contributed by atoms with Gasteiger partial charge in [0.05, 0.1) is 0 Å². The Labute approximate surface area is 243 Å². The van der Waals surface area contributed by atoms with Crippen LogP contribution in [0.25, 0.3) is 0 Å². The summed E-state index contributed by atoms with van der Waals surface area (Å²) < 4.78 is 0. The molecule has 0 amide bonds. The van der Waals surface area contributed by atoms with Crippen molar-refractivity contribution in [3.8, 4) is 23.7 Å². The molecule has 4 heteroatoms. The van der Waals surface area contributed by atoms with Crippen molar-refractivity contribution in [2.24, 2.45) is 0 Å². The molecule has 0 saturated heterocycles. The first-order valence-corrected chi connectivity index (χ1v) is 13.1. The molecule has 0 saturated carbocycles. The maximum atomic E-state index is 12.5. The fraction of sp³-hybridized carbons (Fsp3) is 0. The second-order valence-corrected chi connectivity index (χ2v) is 9.28. The first-order chi connectivity index (χ1) is 20.5. The normalized spacial score (nSPS) is 9.90. The molecule has 0 aliphatic carbocycles. The zero-order valence-corrected chi connectivity index (χ0v) is 22.3. The van der Waals surface area contributed by atoms with Crippen molar-refractivity contribution in [3.63, 3.8) is 0 Å². The fourth-order valence-electron chi connectivity index (χ4n) is 4.04. The van der Waals surface area contributed by atoms with Crippen molar-refractivity contribution in [2.75, 3.05) is 0 Å². The third-order valence-corrected chi connectivity index (χ3v) is 6.37. The first-order valence-electron chi connectivity index (χ1n) is 13.1. The van der Waals surface area contributed by atoms with E-state index in [0.717, 1.165) is 22.3 Å². The van der Waals surface area contributed by atoms with Gasteiger partial charge < -0.3 is 0 Å². The molecule has 42 heavy (non-hydrogen) atoms. The van der Waals surface area contributed by atoms with E-state index in [1.165, 1.54) is 0 Å². The molecule has 0 aliphatic heterocycles. The average Bonchev–Trinajstić information content (AvgIpc) is 3.07. The van der Waals surface area contributed by atoms with E-state index in [1.807, 2.05) is 24.3 Å². The number of rotatable bonds is 6. The molecule has 0 atom stereocenters. The van der Waals surface area contributed by atoms with Crippen LogP contribution in [0.3, 0.4) is 0 Å². The van der Waals surface area contributed by atoms with Crippen LogP contribution in [0, 0.1) is 23.7 Å². The molecule has 0 fully saturated rings. The zero-order valence-electron chi connectivity index (χ0n) is 22.3. The van der Waals surface area contributed by atoms with E-state index >= 15 is 0 Å². The monoisotopic (exact) mass is 542 g/mol. The van der Waals surface area contributed by atoms with Gasteiger partial charge in [0.1, 0.15) is 0 Å². The molecule has 0 N–H and O–H groups in total. The molecule has 0 radical (unpaired) electrons. The van der Waals surface area contributed by atoms with Crippen LogP contribution in [0.1, 0.15) is 63.7 Å². The number of hydrogen-bond acceptors (Lipinski definition) is 4. The van der Waals surface area contributed by atoms with Crippen LogP contribution in [0.4, 0.5) is 0 Å². The van der Waals surface area contributed by atoms with Gasteiger partial charge in [0.25, 0.3) is 0 Å². The number of carbonyl (C=O) groups excluding carboxylic acids is 4. The fourth-order valence-corrected chi connectivity index (χ4v) is 4.04. The van der Waals surface area contributed by atoms with Crippen LogP contribution < -0.4 is 0 Å². The van der Waals surface area contributed by atoms with Crippen LogP contribution in [0.2, 0.25) is 0 Å². The second kappa shape index (κ2) is 12.8. The zero-order chi connectivity index (χ0) is 29.3. The Balaban J connectivity index is 1.19. The Morgan fingerprint density at radius 1 is 0.286 bits per heavy atom. The molecule has 0 aromatic heterocycles. The highest BCUT2D eigenvalue weighted by molar-refractivity contribution is 6.49. The summed E-state index contributed by atoms with van der Waals surface area (Å²) in [6.07, 6.45) is 0. The average molecular weight is 543 g/mol. The Morgan fingerprint density at radius 2 is 0.500 bits per heavy atom. The van der Waals surface area contributed by atoms with Gasteiger partial charge in [0, 0.05) is 44.5 Å². The smallest absolute Gasteiger partial charge is 0.233 e. The lowest BCUT2D eigenvalue weighted by Crippen LogP contribution is -2.14. The molecule has 5 aromatic rings. The second-order valence-electron chi connectivity index (χ2n) is 9.28. The van der Waals surface area contributed by atoms with Crippen molar-refractivity contribution < 1.29 is 19.2 Å². The summed E-state index contributed by atoms with van der Waals surface area (Å²) in [4.78, 5) is 49.8. The number of Topliss-reactive ketones (excluding diaryl/α,β-unsaturated/α-hetero) is 4. The van der Waals surface area contributed by atoms with E-state index in [2.05, 4.69) is 23.7 Å². The maximum absolute atomic E-state index is 12.5. The summed E-state index contributed by atoms with van der Waals surface area (Å²) in [5.74, 6) is 10.1. The molecule has 0 bridgehead atoms. The largest absolute Gasteiger partial charge is 0.285 e. The highest BCUT2D eigenvalue weighted by Gasteiger charge is 2.18. The third kappa shape index (κ3) is 6.72. The lowest BCUT2D eigenvalue weighted by Gasteiger charge is -2.01. The van der Waals surface area contributed by atoms with Gasteiger partial charge in [-0.25, -0.2) is 0 Å². The molecular formula is C38H22O4. The van der Waals surface area contributed by atoms with Crippen LogP contribution >= 0.6 is 0 Å². The summed E-state index contributed by atoms with van der Waals surface area (Å²) in [5, 5.41) is 0. The molecule has 5 rings (SSSR count). The first kappa shape index (κ1) is 27.5. The van der Waals surface area contributed by atoms with E-state index in [0.29, 0.717) is 22.3 Å². The van der Waals surface area contributed by atoms with Crippen molar-refractivity contribution in [1.82, 2.24) is 0 Å². The van der Waals surface area contributed by atoms with E-state index in [4.69, 9.17) is 0 Å². The molecule has 198 valence electrons. The summed E-state index contributed by atoms with van der Waals surface area (Å²) in [6.45, 7) is 0. The summed E-state index contributed by atoms with van der Waals surface area (Å²) >= 11 is 0. The standard InChI is InChI=1S/C38H22O4/c39-35(31-7-3-1-4-8-31)37(41)33-23-19-29(20-24-33)17-15-27-11-13-28(14-12-27)16-18-30-21-25-34(26-22-30)38(42)36(40)32-9-5-2-6-10-32/h1-14,19-26H. The Bertz CT molecular complexity index is 1750. The Hall–Kier alpha value is -6.10. The van der Waals surface area contributed by atoms with Gasteiger partial charge >= 0.3 is 0 Å². The predicted octanol–water partition coefficient (Wildman–Crippen LogP) is 6.62. The quantitative estimate of drug-likeness (QED) is 0.137. The lowest BCUT2D eigenvalue weighted by atomic mass is 10.0. The molecule has 4 nitrogen and oxygen atoms in total. The van der Waals surface area contributed by atoms with Crippen LogP contribution in [-0.4, -0.2) is 23.1 Å². The van der Waals surface area contributed by atoms with Crippen LogP contribution in [0.5, 0.6) is 0 Å². The number of carbonyl (C=O) groups is 4. The SMILES string of the molecule is O=C(C(=O)c1ccc(C#Cc2ccc(C#Cc3ccc(C(=O)C(=O)c4ccccc4)cc3)cc2)cc1)c1ccccc1. The van der Waals surface area contributed by atoms with Gasteiger partial charge in [-0.1, -0.05) is 84.3 Å². The van der Waals surface area contributed by atoms with Gasteiger partial charge in [-0.05, 0) is 72.8 Å². The van der Waals surface area contributed by atoms with Crippen LogP contribution in [-0.2, 0) is 0 Å². The predicted molar refractivity (Wildman–Crippen MR) is 161 cm³/mol. The highest BCUT2D eigenvalue weighted by Crippen LogP contribution is 2.12. The molecule has 0 heterocycles. The molecule has 5 aromatic carbocycles. The molecule has 0 spiro atoms. The number of ketones is 4. The summed E-state index contributed by atoms with van der Waals surface area (Å²) in [7, 11) is 0. The third-order valence-electron chi connectivity index (χ3n) is 6.37. The topological polar surface area (TPSA) is 68.3 Å². The minimum atomic E-state index is -0.556. The lowest BCUT2D eigenvalue weighted by molar-refractivity contribution is 0.0817. The van der Waals surface area contributed by atoms with E-state index in [1.54, 1.807) is 109 Å². The van der Waals surface area contributed by atoms with Gasteiger partial charge in [-0.15, -0.1) is 0 Å². The van der Waals surface area contributed by atoms with Gasteiger partial charge in [-0.2, -0.15) is 0 Å². The van der Waals surface area contributed by atoms with E-state index in [9.17, 15) is 19.2 Å². The van der Waals surface area contributed by atoms with E-state index < -0.39 is 23.1 Å². The maximum Gasteiger partial charge on any atom is 0.233 e. The molecular weight excluding hydrogens is 520 g/mol.